The molecule has 0 aliphatic rings. The maximum Gasteiger partial charge on any atom is 0.256 e. The Balaban J connectivity index is 1.49. The molecular formula is C22H23N3O3. The Morgan fingerprint density at radius 3 is 2.11 bits per heavy atom. The van der Waals surface area contributed by atoms with Gasteiger partial charge >= 0.3 is 0 Å². The number of methoxy groups -OCH3 is 2. The largest absolute Gasteiger partial charge is 0.497 e. The summed E-state index contributed by atoms with van der Waals surface area (Å²) in [6.45, 7) is 0.783. The number of pyridine rings is 1. The topological polar surface area (TPSA) is 72.5 Å². The van der Waals surface area contributed by atoms with Gasteiger partial charge in [0, 0.05) is 12.1 Å². The highest BCUT2D eigenvalue weighted by Gasteiger charge is 2.07. The SMILES string of the molecule is COc1ccc(CCNc2ccc(NC(=O)c3ccc(OC)cc3)nc2)cc1. The minimum absolute atomic E-state index is 0.213. The molecule has 0 spiro atoms. The van der Waals surface area contributed by atoms with E-state index in [9.17, 15) is 4.79 Å². The molecule has 1 heterocycles. The van der Waals surface area contributed by atoms with Crippen LogP contribution in [-0.4, -0.2) is 31.7 Å². The zero-order chi connectivity index (χ0) is 19.8. The van der Waals surface area contributed by atoms with Crippen molar-refractivity contribution in [2.45, 2.75) is 6.42 Å². The van der Waals surface area contributed by atoms with Gasteiger partial charge in [-0.3, -0.25) is 4.79 Å². The zero-order valence-corrected chi connectivity index (χ0v) is 15.9. The van der Waals surface area contributed by atoms with Crippen LogP contribution >= 0.6 is 0 Å². The lowest BCUT2D eigenvalue weighted by atomic mass is 10.1. The van der Waals surface area contributed by atoms with Crippen LogP contribution in [0.4, 0.5) is 11.5 Å². The maximum absolute atomic E-state index is 12.3. The third-order valence-electron chi connectivity index (χ3n) is 4.26. The Morgan fingerprint density at radius 1 is 0.893 bits per heavy atom. The summed E-state index contributed by atoms with van der Waals surface area (Å²) in [5.41, 5.74) is 2.67. The number of aromatic nitrogens is 1. The van der Waals surface area contributed by atoms with E-state index in [0.29, 0.717) is 17.1 Å². The number of anilines is 2. The summed E-state index contributed by atoms with van der Waals surface area (Å²) in [7, 11) is 3.25. The van der Waals surface area contributed by atoms with Crippen molar-refractivity contribution in [2.75, 3.05) is 31.4 Å². The highest BCUT2D eigenvalue weighted by Crippen LogP contribution is 2.15. The first-order valence-corrected chi connectivity index (χ1v) is 8.96. The minimum Gasteiger partial charge on any atom is -0.497 e. The van der Waals surface area contributed by atoms with Gasteiger partial charge in [0.15, 0.2) is 0 Å². The van der Waals surface area contributed by atoms with Crippen LogP contribution < -0.4 is 20.1 Å². The van der Waals surface area contributed by atoms with Gasteiger partial charge in [0.25, 0.3) is 5.91 Å². The van der Waals surface area contributed by atoms with E-state index in [2.05, 4.69) is 27.8 Å². The van der Waals surface area contributed by atoms with Crippen LogP contribution in [-0.2, 0) is 6.42 Å². The molecule has 1 amide bonds. The third kappa shape index (κ3) is 5.23. The van der Waals surface area contributed by atoms with Gasteiger partial charge in [-0.25, -0.2) is 4.98 Å². The van der Waals surface area contributed by atoms with Crippen LogP contribution in [0.1, 0.15) is 15.9 Å². The van der Waals surface area contributed by atoms with Gasteiger partial charge in [-0.2, -0.15) is 0 Å². The molecule has 6 nitrogen and oxygen atoms in total. The molecule has 0 atom stereocenters. The summed E-state index contributed by atoms with van der Waals surface area (Å²) in [6, 6.07) is 18.6. The van der Waals surface area contributed by atoms with E-state index in [4.69, 9.17) is 9.47 Å². The number of carbonyl (C=O) groups excluding carboxylic acids is 1. The molecule has 0 saturated heterocycles. The van der Waals surface area contributed by atoms with E-state index >= 15 is 0 Å². The Bertz CT molecular complexity index is 892. The summed E-state index contributed by atoms with van der Waals surface area (Å²) in [5, 5.41) is 6.11. The van der Waals surface area contributed by atoms with Gasteiger partial charge in [0.1, 0.15) is 17.3 Å². The molecule has 2 N–H and O–H groups in total. The highest BCUT2D eigenvalue weighted by atomic mass is 16.5. The van der Waals surface area contributed by atoms with Crippen molar-refractivity contribution in [1.82, 2.24) is 4.98 Å². The second-order valence-electron chi connectivity index (χ2n) is 6.14. The van der Waals surface area contributed by atoms with Crippen molar-refractivity contribution in [3.63, 3.8) is 0 Å². The molecule has 0 radical (unpaired) electrons. The van der Waals surface area contributed by atoms with Crippen molar-refractivity contribution < 1.29 is 14.3 Å². The van der Waals surface area contributed by atoms with Crippen molar-refractivity contribution in [1.29, 1.82) is 0 Å². The summed E-state index contributed by atoms with van der Waals surface area (Å²) in [4.78, 5) is 16.5. The summed E-state index contributed by atoms with van der Waals surface area (Å²) < 4.78 is 10.3. The molecule has 28 heavy (non-hydrogen) atoms. The fraction of sp³-hybridized carbons (Fsp3) is 0.182. The molecule has 144 valence electrons. The molecule has 0 saturated carbocycles. The van der Waals surface area contributed by atoms with Crippen LogP contribution in [0.15, 0.2) is 66.9 Å². The number of nitrogens with one attached hydrogen (secondary N) is 2. The number of rotatable bonds is 8. The molecular weight excluding hydrogens is 354 g/mol. The van der Waals surface area contributed by atoms with Gasteiger partial charge in [-0.1, -0.05) is 12.1 Å². The highest BCUT2D eigenvalue weighted by molar-refractivity contribution is 6.03. The minimum atomic E-state index is -0.213. The summed E-state index contributed by atoms with van der Waals surface area (Å²) in [6.07, 6.45) is 2.59. The van der Waals surface area contributed by atoms with Crippen LogP contribution in [0.25, 0.3) is 0 Å². The van der Waals surface area contributed by atoms with Gasteiger partial charge in [-0.05, 0) is 60.5 Å². The Kier molecular flexibility index (Phi) is 6.46. The Hall–Kier alpha value is -3.54. The molecule has 0 aliphatic heterocycles. The number of carbonyl (C=O) groups is 1. The lowest BCUT2D eigenvalue weighted by molar-refractivity contribution is 0.102. The first-order valence-electron chi connectivity index (χ1n) is 8.96. The van der Waals surface area contributed by atoms with E-state index in [1.165, 1.54) is 5.56 Å². The predicted octanol–water partition coefficient (Wildman–Crippen LogP) is 4.01. The van der Waals surface area contributed by atoms with Crippen molar-refractivity contribution >= 4 is 17.4 Å². The number of benzene rings is 2. The summed E-state index contributed by atoms with van der Waals surface area (Å²) in [5.74, 6) is 1.85. The monoisotopic (exact) mass is 377 g/mol. The molecule has 2 aromatic carbocycles. The quantitative estimate of drug-likeness (QED) is 0.621. The zero-order valence-electron chi connectivity index (χ0n) is 15.9. The number of ether oxygens (including phenoxy) is 2. The van der Waals surface area contributed by atoms with E-state index < -0.39 is 0 Å². The normalized spacial score (nSPS) is 10.2. The molecule has 6 heteroatoms. The third-order valence-corrected chi connectivity index (χ3v) is 4.26. The second-order valence-corrected chi connectivity index (χ2v) is 6.14. The van der Waals surface area contributed by atoms with E-state index in [0.717, 1.165) is 24.4 Å². The van der Waals surface area contributed by atoms with Crippen LogP contribution in [0.5, 0.6) is 11.5 Å². The molecule has 3 rings (SSSR count). The number of nitrogens with zero attached hydrogens (tertiary/aromatic N) is 1. The standard InChI is InChI=1S/C22H23N3O3/c1-27-19-8-3-16(4-9-19)13-14-23-18-7-12-21(24-15-18)25-22(26)17-5-10-20(28-2)11-6-17/h3-12,15,23H,13-14H2,1-2H3,(H,24,25,26). The molecule has 1 aromatic heterocycles. The van der Waals surface area contributed by atoms with Crippen molar-refractivity contribution in [3.8, 4) is 11.5 Å². The fourth-order valence-electron chi connectivity index (χ4n) is 2.65. The fourth-order valence-corrected chi connectivity index (χ4v) is 2.65. The van der Waals surface area contributed by atoms with E-state index in [1.54, 1.807) is 50.7 Å². The van der Waals surface area contributed by atoms with Crippen molar-refractivity contribution in [3.05, 3.63) is 78.0 Å². The molecule has 0 fully saturated rings. The van der Waals surface area contributed by atoms with Gasteiger partial charge in [0.05, 0.1) is 26.1 Å². The van der Waals surface area contributed by atoms with Crippen LogP contribution in [0.3, 0.4) is 0 Å². The van der Waals surface area contributed by atoms with Gasteiger partial charge in [0.2, 0.25) is 0 Å². The first-order chi connectivity index (χ1) is 13.7. The lowest BCUT2D eigenvalue weighted by Crippen LogP contribution is -2.13. The second kappa shape index (κ2) is 9.41. The maximum atomic E-state index is 12.3. The van der Waals surface area contributed by atoms with Crippen molar-refractivity contribution in [2.24, 2.45) is 0 Å². The Labute approximate surface area is 164 Å². The van der Waals surface area contributed by atoms with Gasteiger partial charge in [-0.15, -0.1) is 0 Å². The average Bonchev–Trinajstić information content (AvgIpc) is 2.75. The first kappa shape index (κ1) is 19.2. The number of hydrogen-bond donors (Lipinski definition) is 2. The Morgan fingerprint density at radius 2 is 1.54 bits per heavy atom. The van der Waals surface area contributed by atoms with E-state index in [1.807, 2.05) is 18.2 Å². The molecule has 0 bridgehead atoms. The smallest absolute Gasteiger partial charge is 0.256 e. The average molecular weight is 377 g/mol. The summed E-state index contributed by atoms with van der Waals surface area (Å²) >= 11 is 0. The molecule has 0 aliphatic carbocycles. The lowest BCUT2D eigenvalue weighted by Gasteiger charge is -2.09. The van der Waals surface area contributed by atoms with Crippen LogP contribution in [0.2, 0.25) is 0 Å². The number of amides is 1. The molecule has 3 aromatic rings. The predicted molar refractivity (Wildman–Crippen MR) is 110 cm³/mol. The molecule has 0 unspecified atom stereocenters. The van der Waals surface area contributed by atoms with E-state index in [-0.39, 0.29) is 5.91 Å². The number of hydrogen-bond acceptors (Lipinski definition) is 5. The van der Waals surface area contributed by atoms with Gasteiger partial charge < -0.3 is 20.1 Å². The van der Waals surface area contributed by atoms with Crippen LogP contribution in [0, 0.1) is 0 Å².